The van der Waals surface area contributed by atoms with Crippen molar-refractivity contribution in [1.29, 1.82) is 0 Å². The molecule has 2 N–H and O–H groups in total. The minimum absolute atomic E-state index is 0.110. The van der Waals surface area contributed by atoms with Gasteiger partial charge in [-0.2, -0.15) is 4.72 Å². The van der Waals surface area contributed by atoms with Crippen LogP contribution < -0.4 is 10.0 Å². The molecule has 3 aromatic carbocycles. The van der Waals surface area contributed by atoms with Gasteiger partial charge in [-0.3, -0.25) is 4.79 Å². The molecule has 0 aliphatic carbocycles. The van der Waals surface area contributed by atoms with E-state index in [1.54, 1.807) is 6.07 Å². The molecule has 1 amide bonds. The molecule has 0 saturated carbocycles. The van der Waals surface area contributed by atoms with E-state index < -0.39 is 27.8 Å². The van der Waals surface area contributed by atoms with Gasteiger partial charge in [0.15, 0.2) is 0 Å². The first-order valence-electron chi connectivity index (χ1n) is 9.45. The van der Waals surface area contributed by atoms with Crippen LogP contribution in [-0.2, 0) is 21.2 Å². The second-order valence-corrected chi connectivity index (χ2v) is 8.77. The highest BCUT2D eigenvalue weighted by molar-refractivity contribution is 7.89. The molecule has 0 bridgehead atoms. The predicted octanol–water partition coefficient (Wildman–Crippen LogP) is 3.97. The van der Waals surface area contributed by atoms with E-state index in [0.717, 1.165) is 28.8 Å². The summed E-state index contributed by atoms with van der Waals surface area (Å²) in [5.41, 5.74) is 3.35. The summed E-state index contributed by atoms with van der Waals surface area (Å²) in [5, 5.41) is 2.83. The highest BCUT2D eigenvalue weighted by Gasteiger charge is 2.26. The van der Waals surface area contributed by atoms with Gasteiger partial charge in [-0.25, -0.2) is 12.8 Å². The first-order chi connectivity index (χ1) is 14.3. The Morgan fingerprint density at radius 1 is 0.933 bits per heavy atom. The second-order valence-electron chi connectivity index (χ2n) is 7.05. The number of hydrogen-bond acceptors (Lipinski definition) is 3. The van der Waals surface area contributed by atoms with E-state index in [4.69, 9.17) is 0 Å². The van der Waals surface area contributed by atoms with Crippen LogP contribution in [0.1, 0.15) is 16.7 Å². The van der Waals surface area contributed by atoms with E-state index in [1.807, 2.05) is 56.3 Å². The number of halogens is 1. The van der Waals surface area contributed by atoms with Crippen molar-refractivity contribution in [1.82, 2.24) is 4.72 Å². The SMILES string of the molecule is Cc1cccc(NC(=O)[C@H](Cc2ccccc2)NS(=O)(=O)c2ccc(F)cc2)c1C. The standard InChI is InChI=1S/C23H23FN2O3S/c1-16-7-6-10-21(17(16)2)25-23(27)22(15-18-8-4-3-5-9-18)26-30(28,29)20-13-11-19(24)12-14-20/h3-14,22,26H,15H2,1-2H3,(H,25,27)/t22-/m0/s1. The van der Waals surface area contributed by atoms with Crippen LogP contribution in [0.3, 0.4) is 0 Å². The van der Waals surface area contributed by atoms with Gasteiger partial charge in [-0.05, 0) is 67.3 Å². The number of amides is 1. The number of carbonyl (C=O) groups is 1. The largest absolute Gasteiger partial charge is 0.324 e. The number of benzene rings is 3. The molecule has 5 nitrogen and oxygen atoms in total. The molecule has 0 aromatic heterocycles. The van der Waals surface area contributed by atoms with Crippen molar-refractivity contribution in [2.75, 3.05) is 5.32 Å². The van der Waals surface area contributed by atoms with Crippen LogP contribution >= 0.6 is 0 Å². The number of aryl methyl sites for hydroxylation is 1. The zero-order valence-corrected chi connectivity index (χ0v) is 17.5. The van der Waals surface area contributed by atoms with E-state index in [0.29, 0.717) is 5.69 Å². The summed E-state index contributed by atoms with van der Waals surface area (Å²) in [6.07, 6.45) is 0.165. The third kappa shape index (κ3) is 5.31. The lowest BCUT2D eigenvalue weighted by Gasteiger charge is -2.20. The van der Waals surface area contributed by atoms with Crippen molar-refractivity contribution < 1.29 is 17.6 Å². The van der Waals surface area contributed by atoms with Crippen LogP contribution in [0.4, 0.5) is 10.1 Å². The summed E-state index contributed by atoms with van der Waals surface area (Å²) < 4.78 is 41.3. The van der Waals surface area contributed by atoms with Crippen LogP contribution in [-0.4, -0.2) is 20.4 Å². The van der Waals surface area contributed by atoms with Crippen molar-refractivity contribution in [3.63, 3.8) is 0 Å². The van der Waals surface area contributed by atoms with Gasteiger partial charge in [-0.15, -0.1) is 0 Å². The molecular weight excluding hydrogens is 403 g/mol. The molecular formula is C23H23FN2O3S. The maximum atomic E-state index is 13.2. The van der Waals surface area contributed by atoms with Crippen molar-refractivity contribution in [3.8, 4) is 0 Å². The molecule has 1 atom stereocenters. The fraction of sp³-hybridized carbons (Fsp3) is 0.174. The smallest absolute Gasteiger partial charge is 0.242 e. The molecule has 3 rings (SSSR count). The molecule has 0 heterocycles. The zero-order valence-electron chi connectivity index (χ0n) is 16.7. The molecule has 0 spiro atoms. The minimum atomic E-state index is -4.03. The molecule has 7 heteroatoms. The lowest BCUT2D eigenvalue weighted by atomic mass is 10.0. The Labute approximate surface area is 176 Å². The molecule has 30 heavy (non-hydrogen) atoms. The fourth-order valence-electron chi connectivity index (χ4n) is 3.01. The summed E-state index contributed by atoms with van der Waals surface area (Å²) in [7, 11) is -4.03. The molecule has 0 saturated heterocycles. The number of carbonyl (C=O) groups excluding carboxylic acids is 1. The third-order valence-corrected chi connectivity index (χ3v) is 6.37. The molecule has 156 valence electrons. The van der Waals surface area contributed by atoms with E-state index >= 15 is 0 Å². The van der Waals surface area contributed by atoms with Gasteiger partial charge in [0.05, 0.1) is 4.90 Å². The summed E-state index contributed by atoms with van der Waals surface area (Å²) in [5.74, 6) is -1.01. The number of anilines is 1. The quantitative estimate of drug-likeness (QED) is 0.600. The molecule has 0 aliphatic heterocycles. The Kier molecular flexibility index (Phi) is 6.64. The van der Waals surface area contributed by atoms with Gasteiger partial charge in [0.2, 0.25) is 15.9 Å². The van der Waals surface area contributed by atoms with Gasteiger partial charge in [-0.1, -0.05) is 42.5 Å². The topological polar surface area (TPSA) is 75.3 Å². The van der Waals surface area contributed by atoms with E-state index in [9.17, 15) is 17.6 Å². The Morgan fingerprint density at radius 2 is 1.60 bits per heavy atom. The fourth-order valence-corrected chi connectivity index (χ4v) is 4.21. The summed E-state index contributed by atoms with van der Waals surface area (Å²) in [6, 6.07) is 18.1. The molecule has 0 radical (unpaired) electrons. The Balaban J connectivity index is 1.88. The number of nitrogens with one attached hydrogen (secondary N) is 2. The summed E-state index contributed by atoms with van der Waals surface area (Å²) >= 11 is 0. The van der Waals surface area contributed by atoms with Crippen molar-refractivity contribution in [3.05, 3.63) is 95.3 Å². The lowest BCUT2D eigenvalue weighted by Crippen LogP contribution is -2.45. The maximum Gasteiger partial charge on any atom is 0.242 e. The van der Waals surface area contributed by atoms with Crippen molar-refractivity contribution >= 4 is 21.6 Å². The van der Waals surface area contributed by atoms with Crippen LogP contribution in [0.25, 0.3) is 0 Å². The summed E-state index contributed by atoms with van der Waals surface area (Å²) in [6.45, 7) is 3.82. The second kappa shape index (κ2) is 9.19. The highest BCUT2D eigenvalue weighted by atomic mass is 32.2. The summed E-state index contributed by atoms with van der Waals surface area (Å²) in [4.78, 5) is 12.9. The van der Waals surface area contributed by atoms with Crippen LogP contribution in [0.5, 0.6) is 0 Å². The van der Waals surface area contributed by atoms with Gasteiger partial charge in [0.25, 0.3) is 0 Å². The van der Waals surface area contributed by atoms with E-state index in [2.05, 4.69) is 10.0 Å². The highest BCUT2D eigenvalue weighted by Crippen LogP contribution is 2.19. The predicted molar refractivity (Wildman–Crippen MR) is 115 cm³/mol. The minimum Gasteiger partial charge on any atom is -0.324 e. The van der Waals surface area contributed by atoms with E-state index in [-0.39, 0.29) is 11.3 Å². The van der Waals surface area contributed by atoms with Gasteiger partial charge >= 0.3 is 0 Å². The average Bonchev–Trinajstić information content (AvgIpc) is 2.72. The monoisotopic (exact) mass is 426 g/mol. The maximum absolute atomic E-state index is 13.2. The molecule has 3 aromatic rings. The molecule has 0 fully saturated rings. The van der Waals surface area contributed by atoms with E-state index in [1.165, 1.54) is 12.1 Å². The Bertz CT molecular complexity index is 1130. The van der Waals surface area contributed by atoms with Gasteiger partial charge in [0, 0.05) is 5.69 Å². The average molecular weight is 427 g/mol. The first-order valence-corrected chi connectivity index (χ1v) is 10.9. The number of sulfonamides is 1. The number of hydrogen-bond donors (Lipinski definition) is 2. The zero-order chi connectivity index (χ0) is 21.7. The third-order valence-electron chi connectivity index (χ3n) is 4.88. The Morgan fingerprint density at radius 3 is 2.27 bits per heavy atom. The Hall–Kier alpha value is -3.03. The normalized spacial score (nSPS) is 12.4. The van der Waals surface area contributed by atoms with Crippen LogP contribution in [0, 0.1) is 19.7 Å². The van der Waals surface area contributed by atoms with Gasteiger partial charge in [0.1, 0.15) is 11.9 Å². The van der Waals surface area contributed by atoms with Crippen LogP contribution in [0.2, 0.25) is 0 Å². The lowest BCUT2D eigenvalue weighted by molar-refractivity contribution is -0.117. The number of rotatable bonds is 7. The van der Waals surface area contributed by atoms with Gasteiger partial charge < -0.3 is 5.32 Å². The first kappa shape index (κ1) is 21.7. The van der Waals surface area contributed by atoms with Crippen molar-refractivity contribution in [2.45, 2.75) is 31.2 Å². The van der Waals surface area contributed by atoms with Crippen LogP contribution in [0.15, 0.2) is 77.7 Å². The molecule has 0 unspecified atom stereocenters. The molecule has 0 aliphatic rings. The van der Waals surface area contributed by atoms with Crippen molar-refractivity contribution in [2.24, 2.45) is 0 Å².